The molecule has 1 aliphatic heterocycles. The molecule has 2 heteroatoms. The van der Waals surface area contributed by atoms with Gasteiger partial charge in [0.25, 0.3) is 6.21 Å². The van der Waals surface area contributed by atoms with Crippen molar-refractivity contribution in [2.45, 2.75) is 0 Å². The van der Waals surface area contributed by atoms with E-state index >= 15 is 0 Å². The van der Waals surface area contributed by atoms with Gasteiger partial charge in [-0.25, -0.2) is 0 Å². The predicted octanol–water partition coefficient (Wildman–Crippen LogP) is 16.0. The van der Waals surface area contributed by atoms with Crippen LogP contribution in [0.2, 0.25) is 0 Å². The first kappa shape index (κ1) is 35.5. The minimum atomic E-state index is 0.199. The molecule has 0 spiro atoms. The van der Waals surface area contributed by atoms with Crippen LogP contribution in [0.25, 0.3) is 131 Å². The number of allylic oxidation sites excluding steroid dienone is 10. The van der Waals surface area contributed by atoms with E-state index in [-0.39, 0.29) is 11.8 Å². The van der Waals surface area contributed by atoms with E-state index < -0.39 is 0 Å². The average Bonchev–Trinajstić information content (AvgIpc) is 4.27. The van der Waals surface area contributed by atoms with Gasteiger partial charge in [0.2, 0.25) is 0 Å². The summed E-state index contributed by atoms with van der Waals surface area (Å²) in [5, 5.41) is 18.7. The van der Waals surface area contributed by atoms with Crippen LogP contribution in [0.5, 0.6) is 0 Å². The molecule has 0 amide bonds. The highest BCUT2D eigenvalue weighted by Gasteiger charge is 2.48. The van der Waals surface area contributed by atoms with Gasteiger partial charge in [0.05, 0.1) is 5.56 Å². The zero-order valence-electron chi connectivity index (χ0n) is 36.7. The number of aromatic nitrogens is 1. The summed E-state index contributed by atoms with van der Waals surface area (Å²) in [6, 6.07) is 59.8. The first-order valence-corrected chi connectivity index (χ1v) is 23.9. The minimum absolute atomic E-state index is 0.199. The smallest absolute Gasteiger partial charge is 0.335 e. The predicted molar refractivity (Wildman–Crippen MR) is 289 cm³/mol. The summed E-state index contributed by atoms with van der Waals surface area (Å²) in [6.45, 7) is 0. The van der Waals surface area contributed by atoms with Crippen LogP contribution < -0.4 is 4.67 Å². The molecule has 2 heterocycles. The maximum Gasteiger partial charge on any atom is 0.335 e. The number of fused-ring (bicyclic) bond motifs is 13. The molecule has 2 atom stereocenters. The van der Waals surface area contributed by atoms with Gasteiger partial charge in [-0.2, -0.15) is 0 Å². The van der Waals surface area contributed by atoms with Crippen LogP contribution in [-0.4, -0.2) is 16.9 Å². The van der Waals surface area contributed by atoms with Gasteiger partial charge in [0.1, 0.15) is 0 Å². The number of rotatable bonds is 4. The number of hydrogen-bond acceptors (Lipinski definition) is 0. The highest BCUT2D eigenvalue weighted by molar-refractivity contribution is 6.45. The maximum atomic E-state index is 4.85. The molecule has 11 aromatic carbocycles. The molecule has 68 heavy (non-hydrogen) atoms. The molecule has 0 fully saturated rings. The van der Waals surface area contributed by atoms with Gasteiger partial charge in [-0.05, 0) is 161 Å². The largest absolute Gasteiger partial charge is 0.361 e. The molecule has 0 saturated carbocycles. The molecular weight excluding hydrogens is 821 g/mol. The van der Waals surface area contributed by atoms with Crippen molar-refractivity contribution in [2.75, 3.05) is 0 Å². The summed E-state index contributed by atoms with van der Waals surface area (Å²) in [5.74, 6) is 0.403. The fraction of sp³-hybridized carbons (Fsp3) is 0.0303. The fourth-order valence-corrected chi connectivity index (χ4v) is 14.0. The second kappa shape index (κ2) is 12.5. The summed E-state index contributed by atoms with van der Waals surface area (Å²) in [7, 11) is 0. The first-order chi connectivity index (χ1) is 33.8. The number of aromatic amines is 1. The zero-order chi connectivity index (χ0) is 43.9. The lowest BCUT2D eigenvalue weighted by Crippen LogP contribution is -2.25. The Morgan fingerprint density at radius 2 is 0.926 bits per heavy atom. The number of nitrogens with zero attached hydrogens (tertiary/aromatic N) is 1. The summed E-state index contributed by atoms with van der Waals surface area (Å²) in [5.41, 5.74) is 20.8. The number of hydrogen-bond donors (Lipinski definition) is 1. The van der Waals surface area contributed by atoms with Crippen LogP contribution in [-0.2, 0) is 0 Å². The third-order valence-electron chi connectivity index (χ3n) is 16.4. The lowest BCUT2D eigenvalue weighted by Gasteiger charge is -2.40. The van der Waals surface area contributed by atoms with Crippen molar-refractivity contribution in [2.24, 2.45) is 11.8 Å². The highest BCUT2D eigenvalue weighted by Crippen LogP contribution is 2.65. The lowest BCUT2D eigenvalue weighted by molar-refractivity contribution is 0.742. The van der Waals surface area contributed by atoms with Crippen LogP contribution >= 0.6 is 0 Å². The number of nitrogens with one attached hydrogen (secondary N) is 1. The molecule has 0 saturated heterocycles. The van der Waals surface area contributed by atoms with Crippen LogP contribution in [0.4, 0.5) is 0 Å². The van der Waals surface area contributed by atoms with E-state index in [4.69, 9.17) is 4.67 Å². The first-order valence-electron chi connectivity index (χ1n) is 23.9. The van der Waals surface area contributed by atoms with Crippen molar-refractivity contribution in [1.29, 1.82) is 0 Å². The third kappa shape index (κ3) is 4.21. The second-order valence-electron chi connectivity index (χ2n) is 19.4. The van der Waals surface area contributed by atoms with Gasteiger partial charge in [-0.1, -0.05) is 162 Å². The Bertz CT molecular complexity index is 4540. The Kier molecular flexibility index (Phi) is 6.54. The highest BCUT2D eigenvalue weighted by atomic mass is 14.7. The van der Waals surface area contributed by atoms with E-state index in [1.165, 1.54) is 153 Å². The molecule has 17 rings (SSSR count). The van der Waals surface area contributed by atoms with Gasteiger partial charge in [0.15, 0.2) is 0 Å². The van der Waals surface area contributed by atoms with Crippen molar-refractivity contribution in [3.05, 3.63) is 228 Å². The Morgan fingerprint density at radius 1 is 0.353 bits per heavy atom. The van der Waals surface area contributed by atoms with Crippen LogP contribution in [0.1, 0.15) is 27.8 Å². The van der Waals surface area contributed by atoms with Gasteiger partial charge < -0.3 is 4.98 Å². The fourth-order valence-electron chi connectivity index (χ4n) is 14.0. The van der Waals surface area contributed by atoms with Gasteiger partial charge in [-0.15, -0.1) is 0 Å². The van der Waals surface area contributed by atoms with Crippen molar-refractivity contribution >= 4 is 110 Å². The molecule has 12 aromatic rings. The molecule has 4 aliphatic carbocycles. The summed E-state index contributed by atoms with van der Waals surface area (Å²) < 4.78 is 4.85. The Morgan fingerprint density at radius 3 is 1.62 bits per heavy atom. The van der Waals surface area contributed by atoms with Crippen molar-refractivity contribution in [1.82, 2.24) is 9.65 Å². The maximum absolute atomic E-state index is 4.85. The van der Waals surface area contributed by atoms with E-state index in [1.54, 1.807) is 0 Å². The quantitative estimate of drug-likeness (QED) is 0.135. The van der Waals surface area contributed by atoms with Crippen molar-refractivity contribution in [3.63, 3.8) is 0 Å². The minimum Gasteiger partial charge on any atom is -0.361 e. The summed E-state index contributed by atoms with van der Waals surface area (Å²) >= 11 is 0. The lowest BCUT2D eigenvalue weighted by atomic mass is 9.63. The molecule has 1 aromatic heterocycles. The summed E-state index contributed by atoms with van der Waals surface area (Å²) in [6.07, 6.45) is 18.0. The molecule has 1 N–H and O–H groups in total. The molecule has 0 bridgehead atoms. The molecule has 2 unspecified atom stereocenters. The molecule has 2 nitrogen and oxygen atoms in total. The standard InChI is InChI=1S/C66H36N2/c1-3-12-35(13-4-1)55-52-34-51-38-17-8-7-16-37(38)39-18-9-19-46(57(39)51)64(52)56(36-14-5-2-6-15-36)66-50-31-25-43-41-23-29-48-61-45(54-21-11-33-68-54)27-26-44(53-20-10-32-67-53)60(61)47-28-22-40(58(41)62(47)48)42-24-30-49(65(55)66)63(50)59(42)43/h1-34,58,62H/p+1. The Balaban J connectivity index is 1.02. The van der Waals surface area contributed by atoms with Gasteiger partial charge in [0, 0.05) is 47.0 Å². The summed E-state index contributed by atoms with van der Waals surface area (Å²) in [4.78, 5) is 3.55. The topological polar surface area (TPSA) is 29.9 Å². The van der Waals surface area contributed by atoms with Crippen LogP contribution in [0.3, 0.4) is 0 Å². The SMILES string of the molecule is C1=CC(c2ccc(-c3ccc[nH]3)c3c2C2=CC=C4c5ccc6c7c(-c8ccccc8)c8cc9c%10ccccc%10c%10cccc(c8c(-c8ccccc8)c7c7ccc(c5c67)C5=CC=C3C2C45)c%109)=[N+]=C1. The normalized spacial score (nSPS) is 17.5. The molecule has 0 radical (unpaired) electrons. The average molecular weight is 858 g/mol. The number of H-pyrrole nitrogens is 1. The Hall–Kier alpha value is -8.81. The van der Waals surface area contributed by atoms with Crippen LogP contribution in [0.15, 0.2) is 200 Å². The van der Waals surface area contributed by atoms with E-state index in [0.717, 1.165) is 11.4 Å². The second-order valence-corrected chi connectivity index (χ2v) is 19.4. The van der Waals surface area contributed by atoms with Crippen molar-refractivity contribution in [3.8, 4) is 33.5 Å². The van der Waals surface area contributed by atoms with Crippen LogP contribution in [0, 0.1) is 11.8 Å². The molecular formula is C66H37N2+. The van der Waals surface area contributed by atoms with Crippen molar-refractivity contribution < 1.29 is 0 Å². The molecule has 310 valence electrons. The van der Waals surface area contributed by atoms with Gasteiger partial charge in [-0.3, -0.25) is 0 Å². The molecule has 5 aliphatic rings. The monoisotopic (exact) mass is 857 g/mol. The zero-order valence-corrected chi connectivity index (χ0v) is 36.7. The van der Waals surface area contributed by atoms with E-state index in [9.17, 15) is 0 Å². The van der Waals surface area contributed by atoms with E-state index in [2.05, 4.69) is 199 Å². The number of benzene rings is 9. The van der Waals surface area contributed by atoms with Gasteiger partial charge >= 0.3 is 5.71 Å². The third-order valence-corrected chi connectivity index (χ3v) is 16.4. The Labute approximate surface area is 390 Å². The van der Waals surface area contributed by atoms with E-state index in [0.29, 0.717) is 0 Å². The van der Waals surface area contributed by atoms with E-state index in [1.807, 2.05) is 12.4 Å².